The first-order chi connectivity index (χ1) is 8.42. The van der Waals surface area contributed by atoms with Gasteiger partial charge < -0.3 is 10.2 Å². The van der Waals surface area contributed by atoms with Gasteiger partial charge in [-0.2, -0.15) is 0 Å². The molecule has 0 spiro atoms. The Balaban J connectivity index is 2.36. The van der Waals surface area contributed by atoms with Crippen molar-refractivity contribution in [2.24, 2.45) is 5.41 Å². The Morgan fingerprint density at radius 3 is 2.39 bits per heavy atom. The Morgan fingerprint density at radius 2 is 1.72 bits per heavy atom. The zero-order valence-corrected chi connectivity index (χ0v) is 10.3. The van der Waals surface area contributed by atoms with E-state index in [4.69, 9.17) is 5.11 Å². The Morgan fingerprint density at radius 1 is 1.11 bits per heavy atom. The van der Waals surface area contributed by atoms with E-state index in [2.05, 4.69) is 0 Å². The standard InChI is InChI=1S/C13H18O5/c14-9-3-2-7-13(18)10(15)4-1-6-12(9,13)8-5-11(16)17/h18H,1-8H2,(H,16,17)/t12-,13-/m0/s1. The molecule has 0 aromatic heterocycles. The summed E-state index contributed by atoms with van der Waals surface area (Å²) in [6.45, 7) is 0. The number of rotatable bonds is 3. The summed E-state index contributed by atoms with van der Waals surface area (Å²) >= 11 is 0. The van der Waals surface area contributed by atoms with Gasteiger partial charge in [-0.1, -0.05) is 0 Å². The van der Waals surface area contributed by atoms with Crippen LogP contribution in [0.3, 0.4) is 0 Å². The molecule has 2 rings (SSSR count). The highest BCUT2D eigenvalue weighted by atomic mass is 16.4. The summed E-state index contributed by atoms with van der Waals surface area (Å²) in [5, 5.41) is 19.4. The summed E-state index contributed by atoms with van der Waals surface area (Å²) in [7, 11) is 0. The van der Waals surface area contributed by atoms with Crippen molar-refractivity contribution in [3.63, 3.8) is 0 Å². The summed E-state index contributed by atoms with van der Waals surface area (Å²) in [5.41, 5.74) is -2.75. The summed E-state index contributed by atoms with van der Waals surface area (Å²) in [6, 6.07) is 0. The van der Waals surface area contributed by atoms with Gasteiger partial charge in [0.1, 0.15) is 11.4 Å². The van der Waals surface area contributed by atoms with Gasteiger partial charge in [-0.25, -0.2) is 0 Å². The molecule has 2 aliphatic carbocycles. The minimum absolute atomic E-state index is 0.0728. The van der Waals surface area contributed by atoms with Gasteiger partial charge in [0.15, 0.2) is 5.78 Å². The fourth-order valence-corrected chi connectivity index (χ4v) is 3.52. The predicted molar refractivity (Wildman–Crippen MR) is 62.0 cm³/mol. The molecule has 0 saturated heterocycles. The zero-order chi connectivity index (χ0) is 13.4. The van der Waals surface area contributed by atoms with E-state index in [0.29, 0.717) is 32.1 Å². The number of ketones is 2. The average Bonchev–Trinajstić information content (AvgIpc) is 2.30. The lowest BCUT2D eigenvalue weighted by molar-refractivity contribution is -0.180. The van der Waals surface area contributed by atoms with E-state index in [1.807, 2.05) is 0 Å². The predicted octanol–water partition coefficient (Wildman–Crippen LogP) is 1.07. The smallest absolute Gasteiger partial charge is 0.303 e. The Labute approximate surface area is 105 Å². The van der Waals surface area contributed by atoms with Crippen LogP contribution in [0.2, 0.25) is 0 Å². The first-order valence-corrected chi connectivity index (χ1v) is 6.43. The molecule has 0 unspecified atom stereocenters. The van der Waals surface area contributed by atoms with Crippen LogP contribution in [0, 0.1) is 5.41 Å². The molecule has 2 aliphatic rings. The van der Waals surface area contributed by atoms with Crippen LogP contribution in [0.25, 0.3) is 0 Å². The maximum Gasteiger partial charge on any atom is 0.303 e. The highest BCUT2D eigenvalue weighted by Crippen LogP contribution is 2.52. The van der Waals surface area contributed by atoms with Gasteiger partial charge in [0.2, 0.25) is 0 Å². The Hall–Kier alpha value is -1.23. The second kappa shape index (κ2) is 4.46. The van der Waals surface area contributed by atoms with Crippen molar-refractivity contribution in [2.75, 3.05) is 0 Å². The number of carboxylic acid groups (broad SMARTS) is 1. The molecule has 2 atom stereocenters. The van der Waals surface area contributed by atoms with E-state index in [1.165, 1.54) is 0 Å². The number of aliphatic carboxylic acids is 1. The van der Waals surface area contributed by atoms with Crippen molar-refractivity contribution in [2.45, 2.75) is 57.0 Å². The van der Waals surface area contributed by atoms with E-state index in [1.54, 1.807) is 0 Å². The number of carbonyl (C=O) groups is 3. The number of fused-ring (bicyclic) bond motifs is 1. The molecule has 0 aliphatic heterocycles. The number of carboxylic acids is 1. The van der Waals surface area contributed by atoms with Gasteiger partial charge in [0.25, 0.3) is 0 Å². The molecule has 0 amide bonds. The molecule has 0 bridgehead atoms. The lowest BCUT2D eigenvalue weighted by atomic mass is 9.53. The molecule has 18 heavy (non-hydrogen) atoms. The maximum atomic E-state index is 12.2. The van der Waals surface area contributed by atoms with Gasteiger partial charge in [0, 0.05) is 19.3 Å². The molecule has 2 N–H and O–H groups in total. The van der Waals surface area contributed by atoms with Gasteiger partial charge in [-0.15, -0.1) is 0 Å². The highest BCUT2D eigenvalue weighted by molar-refractivity contribution is 5.99. The zero-order valence-electron chi connectivity index (χ0n) is 10.3. The molecule has 0 aromatic carbocycles. The maximum absolute atomic E-state index is 12.2. The molecule has 0 heterocycles. The van der Waals surface area contributed by atoms with E-state index in [-0.39, 0.29) is 30.8 Å². The van der Waals surface area contributed by atoms with Gasteiger partial charge >= 0.3 is 5.97 Å². The third kappa shape index (κ3) is 1.77. The molecule has 5 nitrogen and oxygen atoms in total. The van der Waals surface area contributed by atoms with Crippen molar-refractivity contribution >= 4 is 17.5 Å². The topological polar surface area (TPSA) is 91.7 Å². The van der Waals surface area contributed by atoms with Crippen LogP contribution in [0.4, 0.5) is 0 Å². The van der Waals surface area contributed by atoms with E-state index in [9.17, 15) is 19.5 Å². The van der Waals surface area contributed by atoms with Crippen molar-refractivity contribution in [3.8, 4) is 0 Å². The first-order valence-electron chi connectivity index (χ1n) is 6.43. The summed E-state index contributed by atoms with van der Waals surface area (Å²) < 4.78 is 0. The largest absolute Gasteiger partial charge is 0.481 e. The molecule has 0 radical (unpaired) electrons. The van der Waals surface area contributed by atoms with Crippen LogP contribution >= 0.6 is 0 Å². The third-order valence-corrected chi connectivity index (χ3v) is 4.50. The average molecular weight is 254 g/mol. The number of hydrogen-bond acceptors (Lipinski definition) is 4. The number of hydrogen-bond donors (Lipinski definition) is 2. The normalized spacial score (nSPS) is 36.3. The molecule has 5 heteroatoms. The number of Topliss-reactive ketones (excluding diaryl/α,β-unsaturated/α-hetero) is 2. The minimum atomic E-state index is -1.62. The number of carbonyl (C=O) groups excluding carboxylic acids is 2. The summed E-state index contributed by atoms with van der Waals surface area (Å²) in [5.74, 6) is -1.42. The second-order valence-electron chi connectivity index (χ2n) is 5.39. The lowest BCUT2D eigenvalue weighted by Gasteiger charge is -2.51. The fraction of sp³-hybridized carbons (Fsp3) is 0.769. The quantitative estimate of drug-likeness (QED) is 0.786. The van der Waals surface area contributed by atoms with Crippen LogP contribution in [-0.2, 0) is 14.4 Å². The van der Waals surface area contributed by atoms with Gasteiger partial charge in [-0.3, -0.25) is 14.4 Å². The van der Waals surface area contributed by atoms with Crippen LogP contribution in [0.1, 0.15) is 51.4 Å². The van der Waals surface area contributed by atoms with E-state index >= 15 is 0 Å². The van der Waals surface area contributed by atoms with Crippen molar-refractivity contribution < 1.29 is 24.6 Å². The molecule has 2 saturated carbocycles. The Kier molecular flexibility index (Phi) is 3.27. The molecule has 2 fully saturated rings. The van der Waals surface area contributed by atoms with Crippen LogP contribution in [-0.4, -0.2) is 33.3 Å². The molecule has 0 aromatic rings. The van der Waals surface area contributed by atoms with Gasteiger partial charge in [0.05, 0.1) is 5.41 Å². The van der Waals surface area contributed by atoms with Crippen molar-refractivity contribution in [1.29, 1.82) is 0 Å². The second-order valence-corrected chi connectivity index (χ2v) is 5.39. The third-order valence-electron chi connectivity index (χ3n) is 4.50. The van der Waals surface area contributed by atoms with Crippen LogP contribution in [0.5, 0.6) is 0 Å². The molecular weight excluding hydrogens is 236 g/mol. The first kappa shape index (κ1) is 13.2. The van der Waals surface area contributed by atoms with E-state index < -0.39 is 17.0 Å². The highest BCUT2D eigenvalue weighted by Gasteiger charge is 2.61. The van der Waals surface area contributed by atoms with Crippen molar-refractivity contribution in [3.05, 3.63) is 0 Å². The number of aliphatic hydroxyl groups is 1. The Bertz CT molecular complexity index is 402. The lowest BCUT2D eigenvalue weighted by Crippen LogP contribution is -2.62. The molecular formula is C13H18O5. The summed E-state index contributed by atoms with van der Waals surface area (Å²) in [4.78, 5) is 34.9. The van der Waals surface area contributed by atoms with E-state index in [0.717, 1.165) is 0 Å². The van der Waals surface area contributed by atoms with Crippen LogP contribution in [0.15, 0.2) is 0 Å². The monoisotopic (exact) mass is 254 g/mol. The van der Waals surface area contributed by atoms with Gasteiger partial charge in [-0.05, 0) is 32.1 Å². The van der Waals surface area contributed by atoms with Crippen LogP contribution < -0.4 is 0 Å². The fourth-order valence-electron chi connectivity index (χ4n) is 3.52. The van der Waals surface area contributed by atoms with Crippen molar-refractivity contribution in [1.82, 2.24) is 0 Å². The molecule has 100 valence electrons. The minimum Gasteiger partial charge on any atom is -0.481 e. The summed E-state index contributed by atoms with van der Waals surface area (Å²) in [6.07, 6.45) is 2.32. The SMILES string of the molecule is O=C(O)CC[C@]12CCCC(=O)[C@@]1(O)CCCC2=O.